The zero-order chi connectivity index (χ0) is 10.4. The molecule has 0 fully saturated rings. The van der Waals surface area contributed by atoms with Crippen LogP contribution < -0.4 is 5.32 Å². The van der Waals surface area contributed by atoms with Gasteiger partial charge in [-0.05, 0) is 24.1 Å². The summed E-state index contributed by atoms with van der Waals surface area (Å²) in [5.74, 6) is -0.222. The number of rotatable bonds is 5. The number of aliphatic hydroxyl groups is 1. The summed E-state index contributed by atoms with van der Waals surface area (Å²) in [6.07, 6.45) is 0.416. The average Bonchev–Trinajstić information content (AvgIpc) is 2.17. The smallest absolute Gasteiger partial charge is 0.123 e. The highest BCUT2D eigenvalue weighted by molar-refractivity contribution is 5.15. The predicted octanol–water partition coefficient (Wildman–Crippen LogP) is 1.69. The van der Waals surface area contributed by atoms with Crippen LogP contribution in [0.1, 0.15) is 18.9 Å². The largest absolute Gasteiger partial charge is 0.392 e. The molecule has 2 nitrogen and oxygen atoms in total. The van der Waals surface area contributed by atoms with Crippen molar-refractivity contribution >= 4 is 0 Å². The summed E-state index contributed by atoms with van der Waals surface area (Å²) in [6, 6.07) is 6.45. The van der Waals surface area contributed by atoms with Crippen LogP contribution in [0.5, 0.6) is 0 Å². The number of nitrogens with one attached hydrogen (secondary N) is 1. The van der Waals surface area contributed by atoms with Gasteiger partial charge in [0.05, 0.1) is 6.10 Å². The van der Waals surface area contributed by atoms with Gasteiger partial charge in [-0.3, -0.25) is 0 Å². The van der Waals surface area contributed by atoms with E-state index in [1.807, 2.05) is 13.0 Å². The Hall–Kier alpha value is -0.930. The molecular weight excluding hydrogens is 181 g/mol. The molecule has 0 saturated heterocycles. The normalized spacial score (nSPS) is 12.8. The van der Waals surface area contributed by atoms with E-state index in [4.69, 9.17) is 0 Å². The molecule has 1 unspecified atom stereocenters. The van der Waals surface area contributed by atoms with Crippen LogP contribution in [0.3, 0.4) is 0 Å². The fraction of sp³-hybridized carbons (Fsp3) is 0.455. The Bertz CT molecular complexity index is 278. The van der Waals surface area contributed by atoms with Crippen molar-refractivity contribution in [3.05, 3.63) is 35.6 Å². The van der Waals surface area contributed by atoms with Crippen LogP contribution in [0, 0.1) is 5.82 Å². The Morgan fingerprint density at radius 2 is 2.29 bits per heavy atom. The minimum absolute atomic E-state index is 0.222. The minimum Gasteiger partial charge on any atom is -0.392 e. The van der Waals surface area contributed by atoms with Crippen molar-refractivity contribution in [2.45, 2.75) is 26.0 Å². The number of hydrogen-bond acceptors (Lipinski definition) is 2. The van der Waals surface area contributed by atoms with E-state index in [1.54, 1.807) is 6.07 Å². The second-order valence-electron chi connectivity index (χ2n) is 3.32. The molecule has 1 atom stereocenters. The van der Waals surface area contributed by atoms with E-state index in [0.717, 1.165) is 12.0 Å². The maximum Gasteiger partial charge on any atom is 0.123 e. The Labute approximate surface area is 83.8 Å². The van der Waals surface area contributed by atoms with Crippen molar-refractivity contribution < 1.29 is 9.50 Å². The van der Waals surface area contributed by atoms with E-state index in [-0.39, 0.29) is 11.9 Å². The third-order valence-corrected chi connectivity index (χ3v) is 2.07. The summed E-state index contributed by atoms with van der Waals surface area (Å²) in [6.45, 7) is 3.07. The first-order chi connectivity index (χ1) is 6.72. The maximum absolute atomic E-state index is 12.7. The molecule has 0 radical (unpaired) electrons. The highest BCUT2D eigenvalue weighted by Gasteiger charge is 1.99. The molecule has 1 aromatic rings. The van der Waals surface area contributed by atoms with Crippen molar-refractivity contribution in [1.29, 1.82) is 0 Å². The first-order valence-corrected chi connectivity index (χ1v) is 4.85. The number of aliphatic hydroxyl groups excluding tert-OH is 1. The van der Waals surface area contributed by atoms with Crippen molar-refractivity contribution in [2.24, 2.45) is 0 Å². The van der Waals surface area contributed by atoms with Gasteiger partial charge in [-0.25, -0.2) is 4.39 Å². The van der Waals surface area contributed by atoms with Gasteiger partial charge < -0.3 is 10.4 Å². The Balaban J connectivity index is 2.31. The monoisotopic (exact) mass is 197 g/mol. The van der Waals surface area contributed by atoms with Gasteiger partial charge in [0, 0.05) is 13.1 Å². The highest BCUT2D eigenvalue weighted by atomic mass is 19.1. The van der Waals surface area contributed by atoms with E-state index in [1.165, 1.54) is 12.1 Å². The lowest BCUT2D eigenvalue weighted by molar-refractivity contribution is 0.167. The molecule has 0 aliphatic rings. The van der Waals surface area contributed by atoms with Crippen molar-refractivity contribution in [2.75, 3.05) is 6.54 Å². The first kappa shape index (κ1) is 11.1. The van der Waals surface area contributed by atoms with Crippen LogP contribution in [0.25, 0.3) is 0 Å². The van der Waals surface area contributed by atoms with Crippen LogP contribution in [-0.4, -0.2) is 17.8 Å². The molecule has 0 aliphatic carbocycles. The fourth-order valence-corrected chi connectivity index (χ4v) is 1.17. The summed E-state index contributed by atoms with van der Waals surface area (Å²) in [4.78, 5) is 0. The average molecular weight is 197 g/mol. The lowest BCUT2D eigenvalue weighted by atomic mass is 10.2. The summed E-state index contributed by atoms with van der Waals surface area (Å²) in [7, 11) is 0. The van der Waals surface area contributed by atoms with Crippen LogP contribution >= 0.6 is 0 Å². The van der Waals surface area contributed by atoms with Gasteiger partial charge in [0.25, 0.3) is 0 Å². The fourth-order valence-electron chi connectivity index (χ4n) is 1.17. The van der Waals surface area contributed by atoms with Gasteiger partial charge >= 0.3 is 0 Å². The molecule has 2 N–H and O–H groups in total. The topological polar surface area (TPSA) is 32.3 Å². The zero-order valence-corrected chi connectivity index (χ0v) is 8.33. The zero-order valence-electron chi connectivity index (χ0n) is 8.33. The molecule has 78 valence electrons. The van der Waals surface area contributed by atoms with Gasteiger partial charge in [0.2, 0.25) is 0 Å². The number of benzene rings is 1. The summed E-state index contributed by atoms with van der Waals surface area (Å²) in [5, 5.41) is 12.3. The molecule has 14 heavy (non-hydrogen) atoms. The van der Waals surface area contributed by atoms with E-state index in [9.17, 15) is 9.50 Å². The minimum atomic E-state index is -0.316. The van der Waals surface area contributed by atoms with E-state index in [2.05, 4.69) is 5.32 Å². The van der Waals surface area contributed by atoms with Gasteiger partial charge in [-0.1, -0.05) is 19.1 Å². The summed E-state index contributed by atoms with van der Waals surface area (Å²) in [5.41, 5.74) is 0.897. The van der Waals surface area contributed by atoms with Crippen molar-refractivity contribution in [3.63, 3.8) is 0 Å². The van der Waals surface area contributed by atoms with Crippen molar-refractivity contribution in [3.8, 4) is 0 Å². The Kier molecular flexibility index (Phi) is 4.56. The SMILES string of the molecule is CCC(O)CNCc1cccc(F)c1. The molecule has 0 aliphatic heterocycles. The second-order valence-corrected chi connectivity index (χ2v) is 3.32. The van der Waals surface area contributed by atoms with Crippen LogP contribution in [0.4, 0.5) is 4.39 Å². The highest BCUT2D eigenvalue weighted by Crippen LogP contribution is 2.02. The molecule has 0 saturated carbocycles. The third-order valence-electron chi connectivity index (χ3n) is 2.07. The number of halogens is 1. The standard InChI is InChI=1S/C11H16FNO/c1-2-11(14)8-13-7-9-4-3-5-10(12)6-9/h3-6,11,13-14H,2,7-8H2,1H3. The Morgan fingerprint density at radius 1 is 1.50 bits per heavy atom. The van der Waals surface area contributed by atoms with Crippen LogP contribution in [-0.2, 0) is 6.54 Å². The third kappa shape index (κ3) is 3.85. The molecule has 0 amide bonds. The van der Waals surface area contributed by atoms with E-state index < -0.39 is 0 Å². The Morgan fingerprint density at radius 3 is 2.93 bits per heavy atom. The predicted molar refractivity (Wildman–Crippen MR) is 54.4 cm³/mol. The lowest BCUT2D eigenvalue weighted by Crippen LogP contribution is -2.25. The molecule has 0 spiro atoms. The molecular formula is C11H16FNO. The van der Waals surface area contributed by atoms with E-state index in [0.29, 0.717) is 13.1 Å². The molecule has 0 bridgehead atoms. The van der Waals surface area contributed by atoms with Gasteiger partial charge in [0.15, 0.2) is 0 Å². The second kappa shape index (κ2) is 5.73. The molecule has 0 aromatic heterocycles. The first-order valence-electron chi connectivity index (χ1n) is 4.85. The van der Waals surface area contributed by atoms with Gasteiger partial charge in [0.1, 0.15) is 5.82 Å². The summed E-state index contributed by atoms with van der Waals surface area (Å²) < 4.78 is 12.7. The lowest BCUT2D eigenvalue weighted by Gasteiger charge is -2.09. The maximum atomic E-state index is 12.7. The van der Waals surface area contributed by atoms with Crippen molar-refractivity contribution in [1.82, 2.24) is 5.32 Å². The summed E-state index contributed by atoms with van der Waals surface area (Å²) >= 11 is 0. The molecule has 0 heterocycles. The molecule has 1 aromatic carbocycles. The number of hydrogen-bond donors (Lipinski definition) is 2. The van der Waals surface area contributed by atoms with Gasteiger partial charge in [-0.15, -0.1) is 0 Å². The van der Waals surface area contributed by atoms with Crippen LogP contribution in [0.15, 0.2) is 24.3 Å². The van der Waals surface area contributed by atoms with Crippen LogP contribution in [0.2, 0.25) is 0 Å². The molecule has 1 rings (SSSR count). The van der Waals surface area contributed by atoms with E-state index >= 15 is 0 Å². The quantitative estimate of drug-likeness (QED) is 0.752. The molecule has 3 heteroatoms. The van der Waals surface area contributed by atoms with Gasteiger partial charge in [-0.2, -0.15) is 0 Å².